The number of amides is 2. The number of para-hydroxylation sites is 2. The van der Waals surface area contributed by atoms with Gasteiger partial charge in [0.1, 0.15) is 12.1 Å². The van der Waals surface area contributed by atoms with Crippen LogP contribution in [0.3, 0.4) is 0 Å². The van der Waals surface area contributed by atoms with Gasteiger partial charge in [0, 0.05) is 32.5 Å². The van der Waals surface area contributed by atoms with Crippen molar-refractivity contribution < 1.29 is 19.1 Å². The lowest BCUT2D eigenvalue weighted by Crippen LogP contribution is -2.58. The van der Waals surface area contributed by atoms with Crippen molar-refractivity contribution >= 4 is 11.8 Å². The van der Waals surface area contributed by atoms with E-state index in [4.69, 9.17) is 9.47 Å². The highest BCUT2D eigenvalue weighted by Gasteiger charge is 2.57. The van der Waals surface area contributed by atoms with E-state index < -0.39 is 0 Å². The third-order valence-corrected chi connectivity index (χ3v) is 9.49. The summed E-state index contributed by atoms with van der Waals surface area (Å²) in [6, 6.07) is 7.55. The first-order chi connectivity index (χ1) is 17.0. The van der Waals surface area contributed by atoms with E-state index in [0.29, 0.717) is 25.6 Å². The zero-order valence-corrected chi connectivity index (χ0v) is 21.1. The minimum Gasteiger partial charge on any atom is -0.490 e. The molecule has 7 rings (SSSR count). The molecule has 1 aromatic carbocycles. The van der Waals surface area contributed by atoms with Gasteiger partial charge < -0.3 is 19.3 Å². The first kappa shape index (κ1) is 23.2. The number of nitrogens with zero attached hydrogens (tertiary/aromatic N) is 2. The number of benzene rings is 1. The van der Waals surface area contributed by atoms with Crippen LogP contribution in [0.2, 0.25) is 0 Å². The summed E-state index contributed by atoms with van der Waals surface area (Å²) in [6.07, 6.45) is 10.7. The topological polar surface area (TPSA) is 59.1 Å². The Kier molecular flexibility index (Phi) is 6.18. The van der Waals surface area contributed by atoms with Gasteiger partial charge in [-0.1, -0.05) is 12.1 Å². The van der Waals surface area contributed by atoms with Crippen LogP contribution in [0.15, 0.2) is 24.3 Å². The molecule has 1 aromatic rings. The fourth-order valence-electron chi connectivity index (χ4n) is 8.35. The van der Waals surface area contributed by atoms with E-state index in [0.717, 1.165) is 80.7 Å². The maximum atomic E-state index is 14.0. The molecular formula is C29H40N2O4. The van der Waals surface area contributed by atoms with Crippen molar-refractivity contribution in [2.45, 2.75) is 83.3 Å². The Morgan fingerprint density at radius 3 is 2.17 bits per heavy atom. The Balaban J connectivity index is 1.08. The number of carbonyl (C=O) groups excluding carboxylic acids is 2. The average Bonchev–Trinajstić information content (AvgIpc) is 3.34. The molecule has 0 spiro atoms. The van der Waals surface area contributed by atoms with Gasteiger partial charge in [0.15, 0.2) is 11.5 Å². The Morgan fingerprint density at radius 2 is 1.54 bits per heavy atom. The summed E-state index contributed by atoms with van der Waals surface area (Å²) in [6.45, 7) is 4.71. The van der Waals surface area contributed by atoms with Crippen LogP contribution < -0.4 is 9.47 Å². The minimum absolute atomic E-state index is 0.0778. The maximum Gasteiger partial charge on any atom is 0.245 e. The SMILES string of the molecule is CCOc1ccccc1OC1CCN(C(=O)C2CCCN2C(=O)C23CC4CC(CC(C4)C2)C3)CC1. The third kappa shape index (κ3) is 4.31. The molecule has 4 bridgehead atoms. The van der Waals surface area contributed by atoms with Crippen LogP contribution in [0.5, 0.6) is 11.5 Å². The first-order valence-corrected chi connectivity index (χ1v) is 14.0. The molecule has 2 heterocycles. The summed E-state index contributed by atoms with van der Waals surface area (Å²) >= 11 is 0. The normalized spacial score (nSPS) is 34.3. The predicted molar refractivity (Wildman–Crippen MR) is 133 cm³/mol. The molecule has 6 heteroatoms. The van der Waals surface area contributed by atoms with Crippen LogP contribution >= 0.6 is 0 Å². The summed E-state index contributed by atoms with van der Waals surface area (Å²) in [7, 11) is 0. The van der Waals surface area contributed by atoms with Crippen molar-refractivity contribution in [1.82, 2.24) is 9.80 Å². The molecule has 0 aromatic heterocycles. The van der Waals surface area contributed by atoms with Crippen LogP contribution in [0.1, 0.15) is 71.1 Å². The predicted octanol–water partition coefficient (Wildman–Crippen LogP) is 4.66. The Hall–Kier alpha value is -2.24. The molecule has 6 nitrogen and oxygen atoms in total. The summed E-state index contributed by atoms with van der Waals surface area (Å²) in [5.41, 5.74) is -0.160. The lowest BCUT2D eigenvalue weighted by molar-refractivity contribution is -0.162. The minimum atomic E-state index is -0.258. The highest BCUT2D eigenvalue weighted by Crippen LogP contribution is 2.60. The molecule has 4 saturated carbocycles. The number of carbonyl (C=O) groups is 2. The van der Waals surface area contributed by atoms with E-state index in [1.54, 1.807) is 0 Å². The molecular weight excluding hydrogens is 440 g/mol. The number of rotatable bonds is 6. The van der Waals surface area contributed by atoms with Crippen LogP contribution in [0.25, 0.3) is 0 Å². The number of likely N-dealkylation sites (tertiary alicyclic amines) is 2. The van der Waals surface area contributed by atoms with E-state index in [2.05, 4.69) is 0 Å². The second kappa shape index (κ2) is 9.33. The maximum absolute atomic E-state index is 14.0. The smallest absolute Gasteiger partial charge is 0.245 e. The van der Waals surface area contributed by atoms with Crippen molar-refractivity contribution in [3.8, 4) is 11.5 Å². The summed E-state index contributed by atoms with van der Waals surface area (Å²) < 4.78 is 12.0. The van der Waals surface area contributed by atoms with Crippen molar-refractivity contribution in [3.05, 3.63) is 24.3 Å². The van der Waals surface area contributed by atoms with E-state index in [1.165, 1.54) is 19.3 Å². The largest absolute Gasteiger partial charge is 0.490 e. The van der Waals surface area contributed by atoms with E-state index >= 15 is 0 Å². The van der Waals surface area contributed by atoms with Crippen LogP contribution in [0, 0.1) is 23.2 Å². The van der Waals surface area contributed by atoms with Crippen molar-refractivity contribution in [1.29, 1.82) is 0 Å². The van der Waals surface area contributed by atoms with Crippen molar-refractivity contribution in [2.75, 3.05) is 26.2 Å². The average molecular weight is 481 g/mol. The van der Waals surface area contributed by atoms with Gasteiger partial charge in [0.05, 0.1) is 12.0 Å². The molecule has 1 atom stereocenters. The first-order valence-electron chi connectivity index (χ1n) is 14.0. The van der Waals surface area contributed by atoms with Gasteiger partial charge in [-0.15, -0.1) is 0 Å². The lowest BCUT2D eigenvalue weighted by atomic mass is 9.49. The molecule has 0 N–H and O–H groups in total. The monoisotopic (exact) mass is 480 g/mol. The van der Waals surface area contributed by atoms with Gasteiger partial charge in [0.25, 0.3) is 0 Å². The van der Waals surface area contributed by atoms with Crippen molar-refractivity contribution in [2.24, 2.45) is 23.2 Å². The lowest BCUT2D eigenvalue weighted by Gasteiger charge is -2.56. The molecule has 190 valence electrons. The van der Waals surface area contributed by atoms with E-state index in [1.807, 2.05) is 41.0 Å². The van der Waals surface area contributed by atoms with Gasteiger partial charge in [-0.05, 0) is 88.2 Å². The molecule has 6 fully saturated rings. The standard InChI is InChI=1S/C29H40N2O4/c1-2-34-25-7-3-4-8-26(25)35-23-9-12-30(13-10-23)27(32)24-6-5-11-31(24)28(33)29-17-20-14-21(18-29)16-22(15-20)19-29/h3-4,7-8,20-24H,2,5-6,9-19H2,1H3. The second-order valence-electron chi connectivity index (χ2n) is 11.9. The zero-order chi connectivity index (χ0) is 24.0. The Bertz CT molecular complexity index is 918. The fraction of sp³-hybridized carbons (Fsp3) is 0.724. The zero-order valence-electron chi connectivity index (χ0n) is 21.1. The van der Waals surface area contributed by atoms with E-state index in [9.17, 15) is 9.59 Å². The summed E-state index contributed by atoms with van der Waals surface area (Å²) in [4.78, 5) is 31.6. The molecule has 2 saturated heterocycles. The number of piperidine rings is 1. The molecule has 2 aliphatic heterocycles. The summed E-state index contributed by atoms with van der Waals surface area (Å²) in [5, 5.41) is 0. The van der Waals surface area contributed by atoms with Crippen molar-refractivity contribution in [3.63, 3.8) is 0 Å². The quantitative estimate of drug-likeness (QED) is 0.594. The molecule has 2 amide bonds. The molecule has 0 radical (unpaired) electrons. The van der Waals surface area contributed by atoms with Gasteiger partial charge in [0.2, 0.25) is 11.8 Å². The van der Waals surface area contributed by atoms with Gasteiger partial charge in [-0.2, -0.15) is 0 Å². The third-order valence-electron chi connectivity index (χ3n) is 9.49. The highest BCUT2D eigenvalue weighted by atomic mass is 16.5. The van der Waals surface area contributed by atoms with Gasteiger partial charge >= 0.3 is 0 Å². The Morgan fingerprint density at radius 1 is 0.914 bits per heavy atom. The van der Waals surface area contributed by atoms with Crippen LogP contribution in [-0.4, -0.2) is 60.0 Å². The molecule has 35 heavy (non-hydrogen) atoms. The Labute approximate surface area is 209 Å². The van der Waals surface area contributed by atoms with Crippen LogP contribution in [0.4, 0.5) is 0 Å². The van der Waals surface area contributed by atoms with Gasteiger partial charge in [-0.25, -0.2) is 0 Å². The van der Waals surface area contributed by atoms with Gasteiger partial charge in [-0.3, -0.25) is 9.59 Å². The number of ether oxygens (including phenoxy) is 2. The summed E-state index contributed by atoms with van der Waals surface area (Å²) in [5.74, 6) is 4.27. The fourth-order valence-corrected chi connectivity index (χ4v) is 8.35. The van der Waals surface area contributed by atoms with Crippen LogP contribution in [-0.2, 0) is 9.59 Å². The second-order valence-corrected chi connectivity index (χ2v) is 11.9. The number of hydrogen-bond donors (Lipinski definition) is 0. The highest BCUT2D eigenvalue weighted by molar-refractivity contribution is 5.91. The van der Waals surface area contributed by atoms with E-state index in [-0.39, 0.29) is 23.5 Å². The molecule has 6 aliphatic rings. The number of hydrogen-bond acceptors (Lipinski definition) is 4. The molecule has 1 unspecified atom stereocenters. The molecule has 4 aliphatic carbocycles.